The van der Waals surface area contributed by atoms with Gasteiger partial charge in [0.2, 0.25) is 0 Å². The van der Waals surface area contributed by atoms with Crippen LogP contribution in [0.5, 0.6) is 0 Å². The number of hydrogen-bond acceptors (Lipinski definition) is 2. The normalized spacial score (nSPS) is 12.9. The van der Waals surface area contributed by atoms with E-state index in [1.807, 2.05) is 6.20 Å². The van der Waals surface area contributed by atoms with Crippen LogP contribution in [0.3, 0.4) is 0 Å². The van der Waals surface area contributed by atoms with Gasteiger partial charge in [-0.05, 0) is 29.0 Å². The molecule has 1 atom stereocenters. The molecule has 0 saturated heterocycles. The minimum Gasteiger partial charge on any atom is -0.368 e. The minimum atomic E-state index is -0.0240. The topological polar surface area (TPSA) is 37.9 Å². The van der Waals surface area contributed by atoms with Crippen LogP contribution >= 0.6 is 0 Å². The molecule has 1 N–H and O–H groups in total. The predicted octanol–water partition coefficient (Wildman–Crippen LogP) is 5.52. The number of aryl methyl sites for hydroxylation is 1. The molecule has 136 valence electrons. The molecule has 26 heavy (non-hydrogen) atoms. The molecular formula is C23H28N2O. The number of nitrogens with one attached hydrogen (secondary N) is 1. The Morgan fingerprint density at radius 2 is 1.69 bits per heavy atom. The fourth-order valence-corrected chi connectivity index (χ4v) is 2.94. The summed E-state index contributed by atoms with van der Waals surface area (Å²) in [6.07, 6.45) is 4.35. The van der Waals surface area contributed by atoms with E-state index in [0.717, 1.165) is 12.2 Å². The number of aromatic amines is 1. The maximum Gasteiger partial charge on any atom is 0.108 e. The van der Waals surface area contributed by atoms with Gasteiger partial charge < -0.3 is 9.72 Å². The van der Waals surface area contributed by atoms with Crippen LogP contribution in [0, 0.1) is 6.92 Å². The van der Waals surface area contributed by atoms with Crippen LogP contribution in [-0.4, -0.2) is 9.97 Å². The molecule has 0 aliphatic heterocycles. The van der Waals surface area contributed by atoms with Gasteiger partial charge in [0.25, 0.3) is 0 Å². The summed E-state index contributed by atoms with van der Waals surface area (Å²) in [6, 6.07) is 17.3. The van der Waals surface area contributed by atoms with E-state index in [1.165, 1.54) is 22.3 Å². The second kappa shape index (κ2) is 7.88. The van der Waals surface area contributed by atoms with E-state index in [1.54, 1.807) is 6.20 Å². The van der Waals surface area contributed by atoms with Crippen molar-refractivity contribution < 1.29 is 4.74 Å². The van der Waals surface area contributed by atoms with Gasteiger partial charge in [0.05, 0.1) is 12.7 Å². The molecule has 3 rings (SSSR count). The van der Waals surface area contributed by atoms with Crippen LogP contribution < -0.4 is 0 Å². The van der Waals surface area contributed by atoms with Gasteiger partial charge in [0, 0.05) is 18.8 Å². The Bertz CT molecular complexity index is 797. The van der Waals surface area contributed by atoms with Crippen molar-refractivity contribution in [3.8, 4) is 0 Å². The van der Waals surface area contributed by atoms with E-state index >= 15 is 0 Å². The summed E-state index contributed by atoms with van der Waals surface area (Å²) in [4.78, 5) is 7.54. The molecule has 0 saturated carbocycles. The van der Waals surface area contributed by atoms with E-state index in [2.05, 4.69) is 86.2 Å². The maximum atomic E-state index is 6.29. The summed E-state index contributed by atoms with van der Waals surface area (Å²) < 4.78 is 6.29. The number of ether oxygens (including phenoxy) is 1. The molecule has 3 heteroatoms. The lowest BCUT2D eigenvalue weighted by molar-refractivity contribution is 0.0387. The zero-order valence-corrected chi connectivity index (χ0v) is 16.1. The highest BCUT2D eigenvalue weighted by atomic mass is 16.5. The molecule has 0 spiro atoms. The van der Waals surface area contributed by atoms with Gasteiger partial charge in [-0.3, -0.25) is 0 Å². The summed E-state index contributed by atoms with van der Waals surface area (Å²) in [7, 11) is 0. The monoisotopic (exact) mass is 348 g/mol. The first-order valence-corrected chi connectivity index (χ1v) is 9.17. The van der Waals surface area contributed by atoms with Gasteiger partial charge >= 0.3 is 0 Å². The lowest BCUT2D eigenvalue weighted by Crippen LogP contribution is -2.11. The van der Waals surface area contributed by atoms with Crippen molar-refractivity contribution >= 4 is 0 Å². The summed E-state index contributed by atoms with van der Waals surface area (Å²) in [5.74, 6) is 0.943. The standard InChI is InChI=1S/C23H28N2O/c1-17-5-9-19(10-6-17)21(15-22-24-13-14-25-22)26-16-18-7-11-20(12-8-18)23(2,3)4/h5-14,21H,15-16H2,1-4H3,(H,24,25). The molecule has 1 aromatic heterocycles. The number of rotatable bonds is 6. The first-order valence-electron chi connectivity index (χ1n) is 9.17. The highest BCUT2D eigenvalue weighted by molar-refractivity contribution is 5.27. The minimum absolute atomic E-state index is 0.0240. The second-order valence-electron chi connectivity index (χ2n) is 7.90. The predicted molar refractivity (Wildman–Crippen MR) is 106 cm³/mol. The Hall–Kier alpha value is -2.39. The number of H-pyrrole nitrogens is 1. The van der Waals surface area contributed by atoms with Crippen LogP contribution in [0.15, 0.2) is 60.9 Å². The summed E-state index contributed by atoms with van der Waals surface area (Å²) >= 11 is 0. The third-order valence-electron chi connectivity index (χ3n) is 4.65. The molecular weight excluding hydrogens is 320 g/mol. The highest BCUT2D eigenvalue weighted by Crippen LogP contribution is 2.25. The number of nitrogens with zero attached hydrogens (tertiary/aromatic N) is 1. The summed E-state index contributed by atoms with van der Waals surface area (Å²) in [6.45, 7) is 9.38. The number of hydrogen-bond donors (Lipinski definition) is 1. The summed E-state index contributed by atoms with van der Waals surface area (Å²) in [5.41, 5.74) is 5.13. The molecule has 1 unspecified atom stereocenters. The Balaban J connectivity index is 1.72. The van der Waals surface area contributed by atoms with Gasteiger partial charge in [-0.15, -0.1) is 0 Å². The lowest BCUT2D eigenvalue weighted by atomic mass is 9.87. The first kappa shape index (κ1) is 18.4. The quantitative estimate of drug-likeness (QED) is 0.637. The molecule has 0 aliphatic rings. The molecule has 0 radical (unpaired) electrons. The van der Waals surface area contributed by atoms with Gasteiger partial charge in [-0.1, -0.05) is 74.9 Å². The van der Waals surface area contributed by atoms with Gasteiger partial charge in [-0.2, -0.15) is 0 Å². The fraction of sp³-hybridized carbons (Fsp3) is 0.348. The van der Waals surface area contributed by atoms with Crippen molar-refractivity contribution in [2.75, 3.05) is 0 Å². The molecule has 0 amide bonds. The Morgan fingerprint density at radius 1 is 1.00 bits per heavy atom. The molecule has 0 aliphatic carbocycles. The van der Waals surface area contributed by atoms with Crippen molar-refractivity contribution in [2.45, 2.75) is 52.2 Å². The van der Waals surface area contributed by atoms with Crippen molar-refractivity contribution in [3.63, 3.8) is 0 Å². The third kappa shape index (κ3) is 4.83. The SMILES string of the molecule is Cc1ccc(C(Cc2ncc[nH]2)OCc2ccc(C(C)(C)C)cc2)cc1. The zero-order chi connectivity index (χ0) is 18.6. The average Bonchev–Trinajstić information content (AvgIpc) is 3.12. The van der Waals surface area contributed by atoms with Gasteiger partial charge in [0.15, 0.2) is 0 Å². The maximum absolute atomic E-state index is 6.29. The number of benzene rings is 2. The first-order chi connectivity index (χ1) is 12.4. The van der Waals surface area contributed by atoms with Crippen LogP contribution in [0.4, 0.5) is 0 Å². The van der Waals surface area contributed by atoms with Crippen LogP contribution in [0.2, 0.25) is 0 Å². The van der Waals surface area contributed by atoms with Gasteiger partial charge in [0.1, 0.15) is 5.82 Å². The Labute approximate surface area is 156 Å². The molecule has 3 nitrogen and oxygen atoms in total. The highest BCUT2D eigenvalue weighted by Gasteiger charge is 2.16. The molecule has 1 heterocycles. The van der Waals surface area contributed by atoms with E-state index in [0.29, 0.717) is 6.61 Å². The Morgan fingerprint density at radius 3 is 2.27 bits per heavy atom. The fourth-order valence-electron chi connectivity index (χ4n) is 2.94. The average molecular weight is 348 g/mol. The zero-order valence-electron chi connectivity index (χ0n) is 16.1. The molecule has 0 fully saturated rings. The largest absolute Gasteiger partial charge is 0.368 e. The van der Waals surface area contributed by atoms with Crippen molar-refractivity contribution in [1.82, 2.24) is 9.97 Å². The lowest BCUT2D eigenvalue weighted by Gasteiger charge is -2.20. The van der Waals surface area contributed by atoms with Crippen molar-refractivity contribution in [1.29, 1.82) is 0 Å². The Kier molecular flexibility index (Phi) is 5.58. The third-order valence-corrected chi connectivity index (χ3v) is 4.65. The smallest absolute Gasteiger partial charge is 0.108 e. The van der Waals surface area contributed by atoms with E-state index in [9.17, 15) is 0 Å². The van der Waals surface area contributed by atoms with Crippen molar-refractivity contribution in [3.05, 3.63) is 89.0 Å². The molecule has 0 bridgehead atoms. The van der Waals surface area contributed by atoms with E-state index in [-0.39, 0.29) is 11.5 Å². The van der Waals surface area contributed by atoms with Crippen LogP contribution in [0.1, 0.15) is 55.0 Å². The van der Waals surface area contributed by atoms with Crippen LogP contribution in [0.25, 0.3) is 0 Å². The van der Waals surface area contributed by atoms with E-state index in [4.69, 9.17) is 4.74 Å². The van der Waals surface area contributed by atoms with Crippen LogP contribution in [-0.2, 0) is 23.2 Å². The molecule has 3 aromatic rings. The number of imidazole rings is 1. The number of aromatic nitrogens is 2. The second-order valence-corrected chi connectivity index (χ2v) is 7.90. The van der Waals surface area contributed by atoms with Gasteiger partial charge in [-0.25, -0.2) is 4.98 Å². The van der Waals surface area contributed by atoms with Crippen molar-refractivity contribution in [2.24, 2.45) is 0 Å². The van der Waals surface area contributed by atoms with E-state index < -0.39 is 0 Å². The summed E-state index contributed by atoms with van der Waals surface area (Å²) in [5, 5.41) is 0. The molecule has 2 aromatic carbocycles.